The molecule has 0 amide bonds. The van der Waals surface area contributed by atoms with Crippen LogP contribution in [0.2, 0.25) is 0 Å². The van der Waals surface area contributed by atoms with Gasteiger partial charge in [0.25, 0.3) is 0 Å². The molecule has 0 atom stereocenters. The molecule has 0 bridgehead atoms. The van der Waals surface area contributed by atoms with Gasteiger partial charge in [-0.1, -0.05) is 0 Å². The Morgan fingerprint density at radius 2 is 2.14 bits per heavy atom. The van der Waals surface area contributed by atoms with E-state index < -0.39 is 5.97 Å². The standard InChI is InChI=1S/C13H15N3O4S/c1-4-20-13(18)10-7(2)9-11(14-5-8(17)19-3)15-6-16-12(9)21-10/h6H,4-5H2,1-3H3,(H,14,15,16). The van der Waals surface area contributed by atoms with Gasteiger partial charge in [0.15, 0.2) is 0 Å². The molecule has 0 fully saturated rings. The Kier molecular flexibility index (Phi) is 4.69. The smallest absolute Gasteiger partial charge is 0.348 e. The van der Waals surface area contributed by atoms with Crippen molar-refractivity contribution >= 4 is 39.3 Å². The predicted octanol–water partition coefficient (Wildman–Crippen LogP) is 1.76. The highest BCUT2D eigenvalue weighted by atomic mass is 32.1. The molecule has 2 rings (SSSR count). The molecule has 0 aliphatic heterocycles. The van der Waals surface area contributed by atoms with Gasteiger partial charge in [0.1, 0.15) is 28.4 Å². The topological polar surface area (TPSA) is 90.4 Å². The second-order valence-corrected chi connectivity index (χ2v) is 5.11. The fourth-order valence-corrected chi connectivity index (χ4v) is 2.87. The fourth-order valence-electron chi connectivity index (χ4n) is 1.83. The molecule has 2 heterocycles. The average molecular weight is 309 g/mol. The number of carbonyl (C=O) groups excluding carboxylic acids is 2. The lowest BCUT2D eigenvalue weighted by atomic mass is 10.2. The Bertz CT molecular complexity index is 683. The fraction of sp³-hybridized carbons (Fsp3) is 0.385. The third kappa shape index (κ3) is 3.10. The number of hydrogen-bond donors (Lipinski definition) is 1. The average Bonchev–Trinajstić information content (AvgIpc) is 2.83. The molecule has 0 saturated heterocycles. The molecule has 8 heteroatoms. The highest BCUT2D eigenvalue weighted by Gasteiger charge is 2.20. The third-order valence-corrected chi connectivity index (χ3v) is 4.00. The van der Waals surface area contributed by atoms with Crippen molar-refractivity contribution in [2.75, 3.05) is 25.6 Å². The van der Waals surface area contributed by atoms with Crippen molar-refractivity contribution in [3.8, 4) is 0 Å². The van der Waals surface area contributed by atoms with Crippen molar-refractivity contribution in [1.82, 2.24) is 9.97 Å². The Morgan fingerprint density at radius 3 is 2.81 bits per heavy atom. The quantitative estimate of drug-likeness (QED) is 0.841. The van der Waals surface area contributed by atoms with Crippen LogP contribution in [-0.2, 0) is 14.3 Å². The summed E-state index contributed by atoms with van der Waals surface area (Å²) in [4.78, 5) is 32.5. The number of carbonyl (C=O) groups is 2. The van der Waals surface area contributed by atoms with Crippen molar-refractivity contribution < 1.29 is 19.1 Å². The van der Waals surface area contributed by atoms with Gasteiger partial charge in [-0.3, -0.25) is 4.79 Å². The van der Waals surface area contributed by atoms with Crippen LogP contribution in [0.15, 0.2) is 6.33 Å². The van der Waals surface area contributed by atoms with Gasteiger partial charge in [-0.05, 0) is 19.4 Å². The molecular formula is C13H15N3O4S. The largest absolute Gasteiger partial charge is 0.468 e. The number of anilines is 1. The van der Waals surface area contributed by atoms with E-state index in [-0.39, 0.29) is 12.5 Å². The minimum absolute atomic E-state index is 0.00730. The molecule has 7 nitrogen and oxygen atoms in total. The number of rotatable bonds is 5. The van der Waals surface area contributed by atoms with Gasteiger partial charge in [0.2, 0.25) is 0 Å². The van der Waals surface area contributed by atoms with Crippen LogP contribution in [0.3, 0.4) is 0 Å². The molecule has 0 unspecified atom stereocenters. The number of hydrogen-bond acceptors (Lipinski definition) is 8. The van der Waals surface area contributed by atoms with Crippen molar-refractivity contribution in [2.24, 2.45) is 0 Å². The van der Waals surface area contributed by atoms with Gasteiger partial charge in [-0.15, -0.1) is 11.3 Å². The van der Waals surface area contributed by atoms with Gasteiger partial charge in [-0.25, -0.2) is 14.8 Å². The third-order valence-electron chi connectivity index (χ3n) is 2.82. The second-order valence-electron chi connectivity index (χ2n) is 4.11. The Balaban J connectivity index is 2.39. The summed E-state index contributed by atoms with van der Waals surface area (Å²) < 4.78 is 9.60. The monoisotopic (exact) mass is 309 g/mol. The first kappa shape index (κ1) is 15.2. The second kappa shape index (κ2) is 6.49. The molecule has 2 aromatic heterocycles. The zero-order valence-corrected chi connectivity index (χ0v) is 12.7. The van der Waals surface area contributed by atoms with E-state index in [0.717, 1.165) is 10.9 Å². The normalized spacial score (nSPS) is 10.4. The Morgan fingerprint density at radius 1 is 1.38 bits per heavy atom. The van der Waals surface area contributed by atoms with Crippen LogP contribution >= 0.6 is 11.3 Å². The summed E-state index contributed by atoms with van der Waals surface area (Å²) in [5.41, 5.74) is 0.737. The van der Waals surface area contributed by atoms with Crippen molar-refractivity contribution in [1.29, 1.82) is 0 Å². The van der Waals surface area contributed by atoms with Gasteiger partial charge < -0.3 is 14.8 Å². The molecule has 0 aliphatic rings. The summed E-state index contributed by atoms with van der Waals surface area (Å²) in [5.74, 6) is -0.285. The number of nitrogens with zero attached hydrogens (tertiary/aromatic N) is 2. The lowest BCUT2D eigenvalue weighted by Crippen LogP contribution is -2.16. The molecule has 21 heavy (non-hydrogen) atoms. The lowest BCUT2D eigenvalue weighted by molar-refractivity contribution is -0.138. The lowest BCUT2D eigenvalue weighted by Gasteiger charge is -2.05. The SMILES string of the molecule is CCOC(=O)c1sc2ncnc(NCC(=O)OC)c2c1C. The van der Waals surface area contributed by atoms with E-state index >= 15 is 0 Å². The highest BCUT2D eigenvalue weighted by Crippen LogP contribution is 2.33. The Hall–Kier alpha value is -2.22. The summed E-state index contributed by atoms with van der Waals surface area (Å²) >= 11 is 1.24. The first-order chi connectivity index (χ1) is 10.1. The summed E-state index contributed by atoms with van der Waals surface area (Å²) in [6.45, 7) is 3.86. The van der Waals surface area contributed by atoms with Gasteiger partial charge in [0.05, 0.1) is 19.1 Å². The van der Waals surface area contributed by atoms with Crippen LogP contribution in [0, 0.1) is 6.92 Å². The van der Waals surface area contributed by atoms with E-state index in [4.69, 9.17) is 4.74 Å². The van der Waals surface area contributed by atoms with Crippen LogP contribution in [0.5, 0.6) is 0 Å². The molecule has 1 N–H and O–H groups in total. The maximum absolute atomic E-state index is 11.9. The summed E-state index contributed by atoms with van der Waals surface area (Å²) in [7, 11) is 1.31. The number of aryl methyl sites for hydroxylation is 1. The van der Waals surface area contributed by atoms with Crippen molar-refractivity contribution in [2.45, 2.75) is 13.8 Å². The summed E-state index contributed by atoms with van der Waals surface area (Å²) in [6.07, 6.45) is 1.38. The van der Waals surface area contributed by atoms with Gasteiger partial charge >= 0.3 is 11.9 Å². The highest BCUT2D eigenvalue weighted by molar-refractivity contribution is 7.20. The molecule has 0 radical (unpaired) electrons. The molecule has 0 spiro atoms. The van der Waals surface area contributed by atoms with E-state index in [2.05, 4.69) is 20.0 Å². The number of fused-ring (bicyclic) bond motifs is 1. The zero-order chi connectivity index (χ0) is 15.4. The predicted molar refractivity (Wildman–Crippen MR) is 78.6 cm³/mol. The molecular weight excluding hydrogens is 294 g/mol. The van der Waals surface area contributed by atoms with E-state index in [1.54, 1.807) is 13.8 Å². The van der Waals surface area contributed by atoms with Crippen LogP contribution in [0.4, 0.5) is 5.82 Å². The van der Waals surface area contributed by atoms with Crippen LogP contribution in [-0.4, -0.2) is 42.2 Å². The zero-order valence-electron chi connectivity index (χ0n) is 11.9. The molecule has 112 valence electrons. The number of esters is 2. The summed E-state index contributed by atoms with van der Waals surface area (Å²) in [6, 6.07) is 0. The van der Waals surface area contributed by atoms with E-state index in [1.807, 2.05) is 0 Å². The minimum atomic E-state index is -0.403. The number of nitrogens with one attached hydrogen (secondary N) is 1. The van der Waals surface area contributed by atoms with E-state index in [9.17, 15) is 9.59 Å². The number of methoxy groups -OCH3 is 1. The first-order valence-corrected chi connectivity index (χ1v) is 7.12. The maximum atomic E-state index is 11.9. The van der Waals surface area contributed by atoms with Gasteiger partial charge in [-0.2, -0.15) is 0 Å². The van der Waals surface area contributed by atoms with Crippen LogP contribution in [0.1, 0.15) is 22.2 Å². The molecule has 0 aliphatic carbocycles. The Labute approximate surface area is 125 Å². The number of ether oxygens (including phenoxy) is 2. The van der Waals surface area contributed by atoms with Crippen molar-refractivity contribution in [3.05, 3.63) is 16.8 Å². The number of aromatic nitrogens is 2. The maximum Gasteiger partial charge on any atom is 0.348 e. The van der Waals surface area contributed by atoms with E-state index in [0.29, 0.717) is 22.1 Å². The molecule has 2 aromatic rings. The van der Waals surface area contributed by atoms with Gasteiger partial charge in [0, 0.05) is 0 Å². The van der Waals surface area contributed by atoms with E-state index in [1.165, 1.54) is 24.8 Å². The molecule has 0 saturated carbocycles. The summed E-state index contributed by atoms with van der Waals surface area (Å²) in [5, 5.41) is 3.61. The minimum Gasteiger partial charge on any atom is -0.468 e. The number of thiophene rings is 1. The van der Waals surface area contributed by atoms with Crippen molar-refractivity contribution in [3.63, 3.8) is 0 Å². The molecule has 0 aromatic carbocycles. The first-order valence-electron chi connectivity index (χ1n) is 6.30. The van der Waals surface area contributed by atoms with Crippen LogP contribution in [0.25, 0.3) is 10.2 Å². The van der Waals surface area contributed by atoms with Crippen LogP contribution < -0.4 is 5.32 Å².